The van der Waals surface area contributed by atoms with Crippen LogP contribution in [0.3, 0.4) is 0 Å². The minimum absolute atomic E-state index is 0.0881. The van der Waals surface area contributed by atoms with E-state index in [1.54, 1.807) is 11.4 Å². The van der Waals surface area contributed by atoms with Gasteiger partial charge in [-0.25, -0.2) is 0 Å². The van der Waals surface area contributed by atoms with Gasteiger partial charge in [0.05, 0.1) is 26.1 Å². The van der Waals surface area contributed by atoms with E-state index in [1.165, 1.54) is 0 Å². The fraction of sp³-hybridized carbons (Fsp3) is 0. The molecular formula is C12H5Cl2N3O3S. The lowest BCUT2D eigenvalue weighted by Gasteiger charge is -2.06. The van der Waals surface area contributed by atoms with Crippen molar-refractivity contribution in [2.24, 2.45) is 0 Å². The van der Waals surface area contributed by atoms with Crippen LogP contribution in [0.5, 0.6) is 0 Å². The highest BCUT2D eigenvalue weighted by molar-refractivity contribution is 7.14. The number of amides is 1. The molecule has 9 heteroatoms. The number of rotatable bonds is 3. The summed E-state index contributed by atoms with van der Waals surface area (Å²) < 4.78 is 0. The van der Waals surface area contributed by atoms with Gasteiger partial charge in [0.1, 0.15) is 11.1 Å². The Labute approximate surface area is 132 Å². The Morgan fingerprint density at radius 2 is 2.14 bits per heavy atom. The number of nitrogens with one attached hydrogen (secondary N) is 1. The quantitative estimate of drug-likeness (QED) is 0.671. The molecule has 0 aliphatic rings. The predicted octanol–water partition coefficient (Wildman–Crippen LogP) is 4.09. The molecule has 2 rings (SSSR count). The smallest absolute Gasteiger partial charge is 0.271 e. The van der Waals surface area contributed by atoms with Crippen LogP contribution < -0.4 is 5.32 Å². The molecule has 1 amide bonds. The summed E-state index contributed by atoms with van der Waals surface area (Å²) in [5.41, 5.74) is -0.185. The molecule has 0 aliphatic heterocycles. The van der Waals surface area contributed by atoms with Crippen LogP contribution in [0.1, 0.15) is 15.9 Å². The molecule has 0 saturated heterocycles. The molecule has 1 aromatic carbocycles. The number of thiophene rings is 1. The second-order valence-corrected chi connectivity index (χ2v) is 5.48. The highest BCUT2D eigenvalue weighted by Crippen LogP contribution is 2.32. The Hall–Kier alpha value is -2.14. The molecule has 0 spiro atoms. The molecule has 1 aromatic heterocycles. The Morgan fingerprint density at radius 3 is 2.76 bits per heavy atom. The number of carbonyl (C=O) groups is 1. The summed E-state index contributed by atoms with van der Waals surface area (Å²) in [5.74, 6) is -0.676. The van der Waals surface area contributed by atoms with Gasteiger partial charge in [-0.05, 0) is 11.4 Å². The third-order valence-electron chi connectivity index (χ3n) is 2.48. The Kier molecular flexibility index (Phi) is 4.43. The van der Waals surface area contributed by atoms with Crippen LogP contribution in [0.25, 0.3) is 0 Å². The molecule has 0 saturated carbocycles. The number of anilines is 1. The first-order chi connectivity index (χ1) is 9.93. The van der Waals surface area contributed by atoms with E-state index in [0.29, 0.717) is 10.6 Å². The second kappa shape index (κ2) is 6.10. The summed E-state index contributed by atoms with van der Waals surface area (Å²) in [7, 11) is 0. The molecule has 6 nitrogen and oxygen atoms in total. The lowest BCUT2D eigenvalue weighted by molar-refractivity contribution is -0.384. The summed E-state index contributed by atoms with van der Waals surface area (Å²) in [6, 6.07) is 5.55. The Morgan fingerprint density at radius 1 is 1.43 bits per heavy atom. The predicted molar refractivity (Wildman–Crippen MR) is 80.1 cm³/mol. The maximum absolute atomic E-state index is 12.1. The number of halogens is 2. The van der Waals surface area contributed by atoms with Crippen molar-refractivity contribution in [3.8, 4) is 6.07 Å². The molecule has 0 bridgehead atoms. The number of benzene rings is 1. The van der Waals surface area contributed by atoms with E-state index in [4.69, 9.17) is 28.5 Å². The van der Waals surface area contributed by atoms with Crippen LogP contribution in [0.2, 0.25) is 10.0 Å². The van der Waals surface area contributed by atoms with Gasteiger partial charge in [0.25, 0.3) is 11.6 Å². The molecule has 1 N–H and O–H groups in total. The zero-order valence-corrected chi connectivity index (χ0v) is 12.4. The third kappa shape index (κ3) is 3.13. The molecule has 0 aliphatic carbocycles. The van der Waals surface area contributed by atoms with Crippen LogP contribution in [0.15, 0.2) is 23.6 Å². The molecular weight excluding hydrogens is 337 g/mol. The zero-order chi connectivity index (χ0) is 15.6. The average molecular weight is 342 g/mol. The van der Waals surface area contributed by atoms with E-state index in [9.17, 15) is 14.9 Å². The lowest BCUT2D eigenvalue weighted by Crippen LogP contribution is -2.13. The number of carbonyl (C=O) groups excluding carboxylic acids is 1. The molecule has 0 atom stereocenters. The number of nitriles is 1. The monoisotopic (exact) mass is 341 g/mol. The van der Waals surface area contributed by atoms with Crippen molar-refractivity contribution in [2.75, 3.05) is 5.32 Å². The minimum atomic E-state index is -0.676. The standard InChI is InChI=1S/C12H5Cl2N3O3S/c13-9-4-7(17(19)20)3-8(10(9)14)11(18)16-12-6(5-15)1-2-21-12/h1-4H,(H,16,18). The van der Waals surface area contributed by atoms with Crippen molar-refractivity contribution >= 4 is 51.1 Å². The maximum atomic E-state index is 12.1. The summed E-state index contributed by atoms with van der Waals surface area (Å²) in [4.78, 5) is 22.3. The number of hydrogen-bond acceptors (Lipinski definition) is 5. The van der Waals surface area contributed by atoms with Gasteiger partial charge in [-0.3, -0.25) is 14.9 Å². The zero-order valence-electron chi connectivity index (χ0n) is 10.1. The SMILES string of the molecule is N#Cc1ccsc1NC(=O)c1cc([N+](=O)[O-])cc(Cl)c1Cl. The van der Waals surface area contributed by atoms with Gasteiger partial charge >= 0.3 is 0 Å². The largest absolute Gasteiger partial charge is 0.312 e. The van der Waals surface area contributed by atoms with Crippen molar-refractivity contribution < 1.29 is 9.72 Å². The lowest BCUT2D eigenvalue weighted by atomic mass is 10.2. The first-order valence-electron chi connectivity index (χ1n) is 5.36. The van der Waals surface area contributed by atoms with Crippen molar-refractivity contribution in [1.29, 1.82) is 5.26 Å². The van der Waals surface area contributed by atoms with Crippen LogP contribution in [-0.4, -0.2) is 10.8 Å². The van der Waals surface area contributed by atoms with E-state index in [-0.39, 0.29) is 21.3 Å². The summed E-state index contributed by atoms with van der Waals surface area (Å²) >= 11 is 12.8. The summed E-state index contributed by atoms with van der Waals surface area (Å²) in [6.45, 7) is 0. The van der Waals surface area contributed by atoms with Gasteiger partial charge in [0.2, 0.25) is 0 Å². The molecule has 21 heavy (non-hydrogen) atoms. The Balaban J connectivity index is 2.40. The average Bonchev–Trinajstić information content (AvgIpc) is 2.88. The highest BCUT2D eigenvalue weighted by Gasteiger charge is 2.20. The molecule has 0 unspecified atom stereocenters. The molecule has 0 radical (unpaired) electrons. The van der Waals surface area contributed by atoms with Crippen molar-refractivity contribution in [1.82, 2.24) is 0 Å². The number of nitro benzene ring substituents is 1. The number of hydrogen-bond donors (Lipinski definition) is 1. The van der Waals surface area contributed by atoms with Gasteiger partial charge in [0.15, 0.2) is 0 Å². The van der Waals surface area contributed by atoms with Crippen LogP contribution >= 0.6 is 34.5 Å². The number of nitro groups is 1. The van der Waals surface area contributed by atoms with E-state index < -0.39 is 10.8 Å². The van der Waals surface area contributed by atoms with E-state index in [2.05, 4.69) is 5.32 Å². The van der Waals surface area contributed by atoms with E-state index in [1.807, 2.05) is 6.07 Å². The normalized spacial score (nSPS) is 9.95. The van der Waals surface area contributed by atoms with Crippen molar-refractivity contribution in [2.45, 2.75) is 0 Å². The van der Waals surface area contributed by atoms with Crippen LogP contribution in [-0.2, 0) is 0 Å². The Bertz CT molecular complexity index is 783. The number of nitrogens with zero attached hydrogens (tertiary/aromatic N) is 2. The van der Waals surface area contributed by atoms with E-state index in [0.717, 1.165) is 23.5 Å². The van der Waals surface area contributed by atoms with Crippen molar-refractivity contribution in [3.05, 3.63) is 54.9 Å². The first kappa shape index (κ1) is 15.3. The van der Waals surface area contributed by atoms with Crippen LogP contribution in [0, 0.1) is 21.4 Å². The van der Waals surface area contributed by atoms with Crippen LogP contribution in [0.4, 0.5) is 10.7 Å². The third-order valence-corrected chi connectivity index (χ3v) is 4.11. The summed E-state index contributed by atoms with van der Waals surface area (Å²) in [5, 5.41) is 23.9. The summed E-state index contributed by atoms with van der Waals surface area (Å²) in [6.07, 6.45) is 0. The molecule has 0 fully saturated rings. The van der Waals surface area contributed by atoms with Gasteiger partial charge in [-0.2, -0.15) is 5.26 Å². The fourth-order valence-electron chi connectivity index (χ4n) is 1.51. The van der Waals surface area contributed by atoms with Gasteiger partial charge in [-0.15, -0.1) is 11.3 Å². The fourth-order valence-corrected chi connectivity index (χ4v) is 2.65. The van der Waals surface area contributed by atoms with Gasteiger partial charge < -0.3 is 5.32 Å². The maximum Gasteiger partial charge on any atom is 0.271 e. The van der Waals surface area contributed by atoms with Gasteiger partial charge in [-0.1, -0.05) is 23.2 Å². The van der Waals surface area contributed by atoms with Gasteiger partial charge in [0, 0.05) is 12.1 Å². The van der Waals surface area contributed by atoms with E-state index >= 15 is 0 Å². The topological polar surface area (TPSA) is 96.0 Å². The first-order valence-corrected chi connectivity index (χ1v) is 7.00. The minimum Gasteiger partial charge on any atom is -0.312 e. The molecule has 2 aromatic rings. The number of non-ortho nitro benzene ring substituents is 1. The molecule has 1 heterocycles. The second-order valence-electron chi connectivity index (χ2n) is 3.78. The van der Waals surface area contributed by atoms with Crippen molar-refractivity contribution in [3.63, 3.8) is 0 Å². The molecule has 106 valence electrons. The highest BCUT2D eigenvalue weighted by atomic mass is 35.5.